The van der Waals surface area contributed by atoms with Gasteiger partial charge in [-0.25, -0.2) is 4.39 Å². The van der Waals surface area contributed by atoms with Crippen molar-refractivity contribution < 1.29 is 19.0 Å². The van der Waals surface area contributed by atoms with Gasteiger partial charge in [-0.2, -0.15) is 0 Å². The number of halogens is 1. The fourth-order valence-corrected chi connectivity index (χ4v) is 1.74. The van der Waals surface area contributed by atoms with Crippen LogP contribution in [-0.2, 0) is 4.79 Å². The second-order valence-corrected chi connectivity index (χ2v) is 4.35. The summed E-state index contributed by atoms with van der Waals surface area (Å²) < 4.78 is 18.1. The van der Waals surface area contributed by atoms with Crippen LogP contribution in [0.4, 0.5) is 4.39 Å². The molecule has 0 saturated heterocycles. The summed E-state index contributed by atoms with van der Waals surface area (Å²) in [7, 11) is 1.39. The Morgan fingerprint density at radius 1 is 1.55 bits per heavy atom. The quantitative estimate of drug-likeness (QED) is 0.753. The van der Waals surface area contributed by atoms with Crippen LogP contribution in [0.3, 0.4) is 0 Å². The molecule has 0 aliphatic carbocycles. The number of aliphatic hydroxyl groups excluding tert-OH is 1. The first kappa shape index (κ1) is 16.2. The molecule has 2 N–H and O–H groups in total. The van der Waals surface area contributed by atoms with Crippen molar-refractivity contribution >= 4 is 12.0 Å². The maximum absolute atomic E-state index is 13.2. The third-order valence-corrected chi connectivity index (χ3v) is 2.92. The Morgan fingerprint density at radius 2 is 2.30 bits per heavy atom. The van der Waals surface area contributed by atoms with Crippen molar-refractivity contribution in [2.75, 3.05) is 13.7 Å². The van der Waals surface area contributed by atoms with E-state index in [0.29, 0.717) is 12.0 Å². The molecule has 0 aliphatic heterocycles. The lowest BCUT2D eigenvalue weighted by atomic mass is 10.1. The minimum atomic E-state index is -0.442. The van der Waals surface area contributed by atoms with E-state index in [-0.39, 0.29) is 24.3 Å². The van der Waals surface area contributed by atoms with Crippen molar-refractivity contribution in [1.29, 1.82) is 0 Å². The number of carbonyl (C=O) groups is 1. The van der Waals surface area contributed by atoms with E-state index in [9.17, 15) is 9.18 Å². The molecule has 0 aromatic heterocycles. The van der Waals surface area contributed by atoms with Crippen molar-refractivity contribution in [2.45, 2.75) is 25.8 Å². The molecule has 1 aromatic carbocycles. The van der Waals surface area contributed by atoms with E-state index in [1.807, 2.05) is 6.92 Å². The van der Waals surface area contributed by atoms with Crippen LogP contribution in [-0.4, -0.2) is 30.8 Å². The molecule has 20 heavy (non-hydrogen) atoms. The van der Waals surface area contributed by atoms with Gasteiger partial charge in [0.05, 0.1) is 7.11 Å². The molecule has 1 rings (SSSR count). The highest BCUT2D eigenvalue weighted by atomic mass is 19.1. The molecular weight excluding hydrogens is 261 g/mol. The first-order valence-corrected chi connectivity index (χ1v) is 6.53. The number of hydrogen-bond donors (Lipinski definition) is 2. The highest BCUT2D eigenvalue weighted by Gasteiger charge is 2.07. The molecule has 0 radical (unpaired) electrons. The topological polar surface area (TPSA) is 58.6 Å². The van der Waals surface area contributed by atoms with E-state index < -0.39 is 5.82 Å². The van der Waals surface area contributed by atoms with Gasteiger partial charge >= 0.3 is 0 Å². The summed E-state index contributed by atoms with van der Waals surface area (Å²) in [4.78, 5) is 11.7. The molecule has 1 amide bonds. The lowest BCUT2D eigenvalue weighted by molar-refractivity contribution is -0.117. The van der Waals surface area contributed by atoms with Crippen LogP contribution in [0.1, 0.15) is 25.3 Å². The maximum atomic E-state index is 13.2. The van der Waals surface area contributed by atoms with Gasteiger partial charge in [-0.05, 0) is 36.6 Å². The Kier molecular flexibility index (Phi) is 6.73. The first-order valence-electron chi connectivity index (χ1n) is 6.53. The number of carbonyl (C=O) groups excluding carboxylic acids is 1. The van der Waals surface area contributed by atoms with E-state index in [4.69, 9.17) is 9.84 Å². The Balaban J connectivity index is 2.65. The van der Waals surface area contributed by atoms with Crippen molar-refractivity contribution in [3.63, 3.8) is 0 Å². The van der Waals surface area contributed by atoms with Gasteiger partial charge in [0.1, 0.15) is 0 Å². The minimum absolute atomic E-state index is 0.0393. The minimum Gasteiger partial charge on any atom is -0.494 e. The first-order chi connectivity index (χ1) is 9.60. The third-order valence-electron chi connectivity index (χ3n) is 2.92. The van der Waals surface area contributed by atoms with Gasteiger partial charge in [-0.15, -0.1) is 0 Å². The Bertz CT molecular complexity index is 474. The van der Waals surface area contributed by atoms with Gasteiger partial charge in [0.2, 0.25) is 5.91 Å². The highest BCUT2D eigenvalue weighted by Crippen LogP contribution is 2.18. The fraction of sp³-hybridized carbons (Fsp3) is 0.400. The maximum Gasteiger partial charge on any atom is 0.244 e. The summed E-state index contributed by atoms with van der Waals surface area (Å²) >= 11 is 0. The van der Waals surface area contributed by atoms with Gasteiger partial charge in [-0.1, -0.05) is 13.0 Å². The van der Waals surface area contributed by atoms with E-state index in [1.54, 1.807) is 12.1 Å². The SMILES string of the molecule is CCC(CCO)NC(=O)/C=C/c1ccc(F)c(OC)c1. The standard InChI is InChI=1S/C15H20FNO3/c1-3-12(8-9-18)17-15(19)7-5-11-4-6-13(16)14(10-11)20-2/h4-7,10,12,18H,3,8-9H2,1-2H3,(H,17,19)/b7-5+. The molecule has 0 bridgehead atoms. The van der Waals surface area contributed by atoms with Crippen LogP contribution in [0.15, 0.2) is 24.3 Å². The molecule has 110 valence electrons. The smallest absolute Gasteiger partial charge is 0.244 e. The van der Waals surface area contributed by atoms with Gasteiger partial charge < -0.3 is 15.2 Å². The van der Waals surface area contributed by atoms with Crippen LogP contribution in [0.5, 0.6) is 5.75 Å². The van der Waals surface area contributed by atoms with E-state index >= 15 is 0 Å². The molecule has 5 heteroatoms. The van der Waals surface area contributed by atoms with Crippen LogP contribution in [0.2, 0.25) is 0 Å². The number of methoxy groups -OCH3 is 1. The monoisotopic (exact) mass is 281 g/mol. The van der Waals surface area contributed by atoms with E-state index in [1.165, 1.54) is 25.3 Å². The van der Waals surface area contributed by atoms with Crippen LogP contribution in [0.25, 0.3) is 6.08 Å². The summed E-state index contributed by atoms with van der Waals surface area (Å²) in [5.41, 5.74) is 0.675. The number of ether oxygens (including phenoxy) is 1. The number of benzene rings is 1. The van der Waals surface area contributed by atoms with Crippen LogP contribution in [0, 0.1) is 5.82 Å². The van der Waals surface area contributed by atoms with Gasteiger partial charge in [0, 0.05) is 18.7 Å². The number of aliphatic hydroxyl groups is 1. The summed E-state index contributed by atoms with van der Waals surface area (Å²) in [6.45, 7) is 1.98. The van der Waals surface area contributed by atoms with Crippen LogP contribution >= 0.6 is 0 Å². The summed E-state index contributed by atoms with van der Waals surface area (Å²) in [6.07, 6.45) is 4.25. The van der Waals surface area contributed by atoms with Crippen molar-refractivity contribution in [1.82, 2.24) is 5.32 Å². The molecule has 1 atom stereocenters. The number of nitrogens with one attached hydrogen (secondary N) is 1. The summed E-state index contributed by atoms with van der Waals surface area (Å²) in [5, 5.41) is 11.6. The van der Waals surface area contributed by atoms with E-state index in [2.05, 4.69) is 5.32 Å². The normalized spacial score (nSPS) is 12.4. The fourth-order valence-electron chi connectivity index (χ4n) is 1.74. The average Bonchev–Trinajstić information content (AvgIpc) is 2.45. The zero-order valence-electron chi connectivity index (χ0n) is 11.7. The third kappa shape index (κ3) is 5.01. The Labute approximate surface area is 118 Å². The Morgan fingerprint density at radius 3 is 2.90 bits per heavy atom. The van der Waals surface area contributed by atoms with Gasteiger partial charge in [-0.3, -0.25) is 4.79 Å². The lowest BCUT2D eigenvalue weighted by Crippen LogP contribution is -2.33. The zero-order valence-corrected chi connectivity index (χ0v) is 11.7. The van der Waals surface area contributed by atoms with Gasteiger partial charge in [0.15, 0.2) is 11.6 Å². The molecule has 4 nitrogen and oxygen atoms in total. The molecule has 0 fully saturated rings. The molecule has 0 aliphatic rings. The summed E-state index contributed by atoms with van der Waals surface area (Å²) in [6, 6.07) is 4.33. The number of hydrogen-bond acceptors (Lipinski definition) is 3. The predicted octanol–water partition coefficient (Wildman–Crippen LogP) is 2.12. The largest absolute Gasteiger partial charge is 0.494 e. The molecule has 0 heterocycles. The van der Waals surface area contributed by atoms with E-state index in [0.717, 1.165) is 6.42 Å². The second kappa shape index (κ2) is 8.32. The average molecular weight is 281 g/mol. The predicted molar refractivity (Wildman–Crippen MR) is 75.9 cm³/mol. The highest BCUT2D eigenvalue weighted by molar-refractivity contribution is 5.91. The summed E-state index contributed by atoms with van der Waals surface area (Å²) in [5.74, 6) is -0.545. The number of rotatable bonds is 7. The molecule has 1 aromatic rings. The number of amides is 1. The van der Waals surface area contributed by atoms with Crippen LogP contribution < -0.4 is 10.1 Å². The molecular formula is C15H20FNO3. The Hall–Kier alpha value is -1.88. The molecule has 0 spiro atoms. The zero-order chi connectivity index (χ0) is 15.0. The van der Waals surface area contributed by atoms with Crippen molar-refractivity contribution in [2.24, 2.45) is 0 Å². The van der Waals surface area contributed by atoms with Crippen molar-refractivity contribution in [3.8, 4) is 5.75 Å². The second-order valence-electron chi connectivity index (χ2n) is 4.35. The van der Waals surface area contributed by atoms with Crippen molar-refractivity contribution in [3.05, 3.63) is 35.7 Å². The lowest BCUT2D eigenvalue weighted by Gasteiger charge is -2.13. The van der Waals surface area contributed by atoms with Gasteiger partial charge in [0.25, 0.3) is 0 Å². The molecule has 0 saturated carbocycles. The molecule has 1 unspecified atom stereocenters.